The highest BCUT2D eigenvalue weighted by Gasteiger charge is 2.31. The second kappa shape index (κ2) is 34.3. The van der Waals surface area contributed by atoms with Gasteiger partial charge in [-0.1, -0.05) is 72.6 Å². The van der Waals surface area contributed by atoms with E-state index in [0.717, 1.165) is 35.5 Å². The second-order valence-corrected chi connectivity index (χ2v) is 14.8. The number of ether oxygens (including phenoxy) is 1. The van der Waals surface area contributed by atoms with Crippen LogP contribution in [0.5, 0.6) is 0 Å². The van der Waals surface area contributed by atoms with Crippen molar-refractivity contribution in [1.82, 2.24) is 0 Å². The second-order valence-electron chi connectivity index (χ2n) is 14.3. The number of hydrogen-bond donors (Lipinski definition) is 1. The first-order chi connectivity index (χ1) is 23.6. The van der Waals surface area contributed by atoms with E-state index >= 15 is 0 Å². The average molecular weight is 849 g/mol. The van der Waals surface area contributed by atoms with Crippen LogP contribution in [0.1, 0.15) is 150 Å². The molecule has 0 unspecified atom stereocenters. The molecule has 2 nitrogen and oxygen atoms in total. The van der Waals surface area contributed by atoms with Crippen molar-refractivity contribution in [3.63, 3.8) is 0 Å². The lowest BCUT2D eigenvalue weighted by Crippen LogP contribution is -2.27. The van der Waals surface area contributed by atoms with Gasteiger partial charge >= 0.3 is 0 Å². The Kier molecular flexibility index (Phi) is 35.5. The number of aliphatic hydroxyl groups excluding tert-OH is 1. The summed E-state index contributed by atoms with van der Waals surface area (Å²) in [5.74, 6) is 7.31. The molecular weight excluding hydrogens is 779 g/mol. The molecule has 4 fully saturated rings. The topological polar surface area (TPSA) is 29.5 Å². The first-order valence-corrected chi connectivity index (χ1v) is 20.2. The van der Waals surface area contributed by atoms with Crippen molar-refractivity contribution in [3.8, 4) is 0 Å². The number of aliphatic hydroxyl groups is 1. The maximum absolute atomic E-state index is 12.0. The third-order valence-electron chi connectivity index (χ3n) is 11.1. The molecule has 4 aliphatic rings. The summed E-state index contributed by atoms with van der Waals surface area (Å²) >= 11 is 1.62. The Morgan fingerprint density at radius 3 is 1.06 bits per heavy atom. The third kappa shape index (κ3) is 25.5. The van der Waals surface area contributed by atoms with E-state index in [9.17, 15) is 40.2 Å². The molecule has 0 atom stereocenters. The maximum Gasteiger partial charge on any atom is 0.298 e. The Balaban J connectivity index is 0. The first kappa shape index (κ1) is 51.7. The zero-order valence-electron chi connectivity index (χ0n) is 30.0. The van der Waals surface area contributed by atoms with Crippen LogP contribution in [-0.4, -0.2) is 29.9 Å². The normalized spacial score (nSPS) is 28.9. The summed E-state index contributed by atoms with van der Waals surface area (Å²) in [6.45, 7) is 5.10. The number of halogens is 9. The van der Waals surface area contributed by atoms with Crippen molar-refractivity contribution in [2.75, 3.05) is 24.8 Å². The Morgan fingerprint density at radius 2 is 0.840 bits per heavy atom. The van der Waals surface area contributed by atoms with Crippen LogP contribution in [0.3, 0.4) is 0 Å². The molecule has 4 saturated carbocycles. The van der Waals surface area contributed by atoms with E-state index in [4.69, 9.17) is 4.74 Å². The lowest BCUT2D eigenvalue weighted by molar-refractivity contribution is 0.0179. The van der Waals surface area contributed by atoms with Gasteiger partial charge in [0, 0.05) is 6.61 Å². The predicted molar refractivity (Wildman–Crippen MR) is 200 cm³/mol. The van der Waals surface area contributed by atoms with Crippen LogP contribution < -0.4 is 0 Å². The van der Waals surface area contributed by atoms with Crippen molar-refractivity contribution in [3.05, 3.63) is 24.8 Å². The van der Waals surface area contributed by atoms with Gasteiger partial charge in [-0.15, -0.1) is 0 Å². The van der Waals surface area contributed by atoms with Gasteiger partial charge < -0.3 is 9.84 Å². The molecule has 4 aliphatic carbocycles. The molecule has 0 amide bonds. The summed E-state index contributed by atoms with van der Waals surface area (Å²) in [6, 6.07) is 0. The Hall–Kier alpha value is -0.430. The molecule has 0 spiro atoms. The SMILES string of the molecule is C.CCCC1CCC(C2CCC(CO)CC2)CC1.CCCC1CCC(C2CCC(COCF)CC2)CC1.FC=C(F)F.FC=C(F)F.FCI. The predicted octanol–water partition coefficient (Wildman–Crippen LogP) is 15.1. The van der Waals surface area contributed by atoms with Gasteiger partial charge in [-0.25, -0.2) is 17.6 Å². The summed E-state index contributed by atoms with van der Waals surface area (Å²) in [5, 5.41) is 9.18. The largest absolute Gasteiger partial charge is 0.396 e. The van der Waals surface area contributed by atoms with Crippen molar-refractivity contribution in [2.45, 2.75) is 150 Å². The quantitative estimate of drug-likeness (QED) is 0.135. The van der Waals surface area contributed by atoms with E-state index in [-0.39, 0.29) is 12.1 Å². The molecule has 0 aromatic carbocycles. The van der Waals surface area contributed by atoms with Gasteiger partial charge in [-0.2, -0.15) is 17.6 Å². The van der Waals surface area contributed by atoms with Gasteiger partial charge in [0.25, 0.3) is 12.2 Å². The lowest BCUT2D eigenvalue weighted by atomic mass is 9.69. The third-order valence-corrected chi connectivity index (χ3v) is 11.1. The van der Waals surface area contributed by atoms with Crippen LogP contribution in [0, 0.1) is 47.3 Å². The van der Waals surface area contributed by atoms with Gasteiger partial charge in [0.2, 0.25) is 0 Å². The molecule has 300 valence electrons. The lowest BCUT2D eigenvalue weighted by Gasteiger charge is -2.37. The standard InChI is InChI=1S/C17H31FO.C16H30O.2C2HF3.CH2FI.CH4/c1-2-3-14-4-8-16(9-5-14)17-10-6-15(7-11-17)12-19-13-18;1-2-3-13-4-8-15(9-5-13)16-10-6-14(12-17)7-11-16;2*3-1-2(4)5;2-1-3;/h14-17H,2-13H2,1H3;13-17H,2-12H2,1H3;2*1H;1H2;1H4. The minimum absolute atomic E-state index is 0. The zero-order valence-corrected chi connectivity index (χ0v) is 32.2. The van der Waals surface area contributed by atoms with Gasteiger partial charge in [0.15, 0.2) is 19.5 Å². The average Bonchev–Trinajstić information content (AvgIpc) is 3.13. The van der Waals surface area contributed by atoms with Crippen molar-refractivity contribution < 1.29 is 45.0 Å². The minimum atomic E-state index is -2.29. The first-order valence-electron chi connectivity index (χ1n) is 18.7. The van der Waals surface area contributed by atoms with Crippen LogP contribution in [0.15, 0.2) is 24.8 Å². The molecular formula is C39H69F8IO2. The van der Waals surface area contributed by atoms with E-state index in [1.165, 1.54) is 128 Å². The fourth-order valence-corrected chi connectivity index (χ4v) is 8.59. The van der Waals surface area contributed by atoms with Crippen molar-refractivity contribution >= 4 is 22.6 Å². The van der Waals surface area contributed by atoms with Crippen molar-refractivity contribution in [1.29, 1.82) is 0 Å². The van der Waals surface area contributed by atoms with Crippen LogP contribution in [-0.2, 0) is 4.74 Å². The highest BCUT2D eigenvalue weighted by Crippen LogP contribution is 2.43. The fraction of sp³-hybridized carbons (Fsp3) is 0.897. The molecule has 4 rings (SSSR count). The summed E-state index contributed by atoms with van der Waals surface area (Å²) in [6.07, 6.45) is 22.1. The van der Waals surface area contributed by atoms with E-state index in [0.29, 0.717) is 25.0 Å². The van der Waals surface area contributed by atoms with E-state index in [2.05, 4.69) is 13.8 Å². The van der Waals surface area contributed by atoms with Gasteiger partial charge in [0.1, 0.15) is 4.68 Å². The minimum Gasteiger partial charge on any atom is -0.396 e. The van der Waals surface area contributed by atoms with Gasteiger partial charge in [0.05, 0.1) is 6.61 Å². The summed E-state index contributed by atoms with van der Waals surface area (Å²) in [7, 11) is 0. The highest BCUT2D eigenvalue weighted by atomic mass is 127. The molecule has 0 aliphatic heterocycles. The molecule has 0 radical (unpaired) electrons. The van der Waals surface area contributed by atoms with Crippen molar-refractivity contribution in [2.24, 2.45) is 47.3 Å². The fourth-order valence-electron chi connectivity index (χ4n) is 8.59. The Bertz CT molecular complexity index is 765. The van der Waals surface area contributed by atoms with Crippen LogP contribution in [0.4, 0.5) is 35.1 Å². The van der Waals surface area contributed by atoms with Gasteiger partial charge in [-0.3, -0.25) is 0 Å². The number of rotatable bonds is 10. The van der Waals surface area contributed by atoms with E-state index in [1.807, 2.05) is 0 Å². The van der Waals surface area contributed by atoms with Crippen LogP contribution in [0.2, 0.25) is 0 Å². The number of alkyl halides is 3. The van der Waals surface area contributed by atoms with Crippen LogP contribution in [0.25, 0.3) is 0 Å². The molecule has 0 aromatic rings. The monoisotopic (exact) mass is 848 g/mol. The van der Waals surface area contributed by atoms with Crippen LogP contribution >= 0.6 is 22.6 Å². The molecule has 0 aromatic heterocycles. The smallest absolute Gasteiger partial charge is 0.298 e. The number of hydrogen-bond acceptors (Lipinski definition) is 2. The molecule has 0 bridgehead atoms. The summed E-state index contributed by atoms with van der Waals surface area (Å²) < 4.78 is 88.3. The molecule has 50 heavy (non-hydrogen) atoms. The maximum atomic E-state index is 12.0. The van der Waals surface area contributed by atoms with Gasteiger partial charge in [-0.05, 0) is 147 Å². The molecule has 1 N–H and O–H groups in total. The molecule has 0 saturated heterocycles. The molecule has 0 heterocycles. The Labute approximate surface area is 313 Å². The Morgan fingerprint density at radius 1 is 0.580 bits per heavy atom. The van der Waals surface area contributed by atoms with E-state index in [1.54, 1.807) is 22.6 Å². The van der Waals surface area contributed by atoms with E-state index < -0.39 is 31.7 Å². The highest BCUT2D eigenvalue weighted by molar-refractivity contribution is 14.1. The summed E-state index contributed by atoms with van der Waals surface area (Å²) in [5.41, 5.74) is 0. The molecule has 11 heteroatoms. The summed E-state index contributed by atoms with van der Waals surface area (Å²) in [4.78, 5) is 0. The zero-order chi connectivity index (χ0) is 36.9.